The van der Waals surface area contributed by atoms with Crippen molar-refractivity contribution in [3.05, 3.63) is 34.9 Å². The number of benzene rings is 1. The molecule has 1 aromatic carbocycles. The Morgan fingerprint density at radius 2 is 1.90 bits per heavy atom. The third-order valence-electron chi connectivity index (χ3n) is 4.82. The fourth-order valence-electron chi connectivity index (χ4n) is 3.53. The number of rotatable bonds is 6. The van der Waals surface area contributed by atoms with Crippen LogP contribution in [0.5, 0.6) is 0 Å². The highest BCUT2D eigenvalue weighted by atomic mass is 14.9. The lowest BCUT2D eigenvalue weighted by atomic mass is 9.81. The Kier molecular flexibility index (Phi) is 6.09. The molecule has 112 valence electrons. The normalized spacial score (nSPS) is 18.1. The van der Waals surface area contributed by atoms with Crippen molar-refractivity contribution < 1.29 is 0 Å². The Morgan fingerprint density at radius 3 is 2.60 bits per heavy atom. The summed E-state index contributed by atoms with van der Waals surface area (Å²) in [5.41, 5.74) is 4.39. The lowest BCUT2D eigenvalue weighted by Crippen LogP contribution is -2.39. The summed E-state index contributed by atoms with van der Waals surface area (Å²) in [6, 6.07) is 7.57. The van der Waals surface area contributed by atoms with Gasteiger partial charge in [-0.1, -0.05) is 49.9 Å². The summed E-state index contributed by atoms with van der Waals surface area (Å²) in [5, 5.41) is 3.83. The van der Waals surface area contributed by atoms with Gasteiger partial charge in [-0.2, -0.15) is 0 Å². The number of aryl methyl sites for hydroxylation is 2. The average Bonchev–Trinajstić information content (AvgIpc) is 2.48. The van der Waals surface area contributed by atoms with Gasteiger partial charge in [-0.05, 0) is 63.1 Å². The Bertz CT molecular complexity index is 404. The van der Waals surface area contributed by atoms with E-state index in [2.05, 4.69) is 44.3 Å². The lowest BCUT2D eigenvalue weighted by molar-refractivity contribution is 0.267. The van der Waals surface area contributed by atoms with E-state index in [9.17, 15) is 0 Å². The average molecular weight is 273 g/mol. The molecule has 20 heavy (non-hydrogen) atoms. The second kappa shape index (κ2) is 7.83. The SMILES string of the molecule is CCCNC(Cc1cc(C)ccc1C)C1CCCCC1. The van der Waals surface area contributed by atoms with Crippen LogP contribution in [0.15, 0.2) is 18.2 Å². The van der Waals surface area contributed by atoms with Crippen LogP contribution in [0.4, 0.5) is 0 Å². The van der Waals surface area contributed by atoms with Crippen molar-refractivity contribution in [2.24, 2.45) is 5.92 Å². The molecule has 1 nitrogen and oxygen atoms in total. The summed E-state index contributed by atoms with van der Waals surface area (Å²) in [6.07, 6.45) is 9.59. The molecule has 1 aliphatic carbocycles. The monoisotopic (exact) mass is 273 g/mol. The maximum absolute atomic E-state index is 3.83. The van der Waals surface area contributed by atoms with Crippen LogP contribution in [0.2, 0.25) is 0 Å². The zero-order chi connectivity index (χ0) is 14.4. The van der Waals surface area contributed by atoms with E-state index in [0.29, 0.717) is 6.04 Å². The molecule has 1 saturated carbocycles. The second-order valence-electron chi connectivity index (χ2n) is 6.59. The molecule has 1 N–H and O–H groups in total. The van der Waals surface area contributed by atoms with Crippen molar-refractivity contribution in [1.29, 1.82) is 0 Å². The van der Waals surface area contributed by atoms with E-state index < -0.39 is 0 Å². The first-order valence-electron chi connectivity index (χ1n) is 8.50. The van der Waals surface area contributed by atoms with Crippen molar-refractivity contribution in [2.75, 3.05) is 6.54 Å². The van der Waals surface area contributed by atoms with E-state index in [0.717, 1.165) is 12.5 Å². The van der Waals surface area contributed by atoms with Crippen molar-refractivity contribution >= 4 is 0 Å². The Morgan fingerprint density at radius 1 is 1.15 bits per heavy atom. The molecule has 0 aliphatic heterocycles. The van der Waals surface area contributed by atoms with Gasteiger partial charge >= 0.3 is 0 Å². The first-order valence-corrected chi connectivity index (χ1v) is 8.50. The molecule has 1 heteroatoms. The first kappa shape index (κ1) is 15.6. The third-order valence-corrected chi connectivity index (χ3v) is 4.82. The summed E-state index contributed by atoms with van der Waals surface area (Å²) in [6.45, 7) is 7.89. The minimum Gasteiger partial charge on any atom is -0.313 e. The van der Waals surface area contributed by atoms with Gasteiger partial charge in [-0.15, -0.1) is 0 Å². The molecule has 1 aliphatic rings. The van der Waals surface area contributed by atoms with Gasteiger partial charge in [0, 0.05) is 6.04 Å². The van der Waals surface area contributed by atoms with Gasteiger partial charge in [0.25, 0.3) is 0 Å². The molecule has 0 saturated heterocycles. The van der Waals surface area contributed by atoms with E-state index in [1.54, 1.807) is 5.56 Å². The second-order valence-corrected chi connectivity index (χ2v) is 6.59. The van der Waals surface area contributed by atoms with Crippen LogP contribution in [0.3, 0.4) is 0 Å². The van der Waals surface area contributed by atoms with Crippen LogP contribution in [-0.4, -0.2) is 12.6 Å². The van der Waals surface area contributed by atoms with Gasteiger partial charge in [0.15, 0.2) is 0 Å². The molecule has 1 atom stereocenters. The van der Waals surface area contributed by atoms with Gasteiger partial charge in [0.1, 0.15) is 0 Å². The van der Waals surface area contributed by atoms with Crippen LogP contribution in [0.1, 0.15) is 62.1 Å². The molecule has 2 rings (SSSR count). The molecular weight excluding hydrogens is 242 g/mol. The standard InChI is InChI=1S/C19H31N/c1-4-12-20-19(17-8-6-5-7-9-17)14-18-13-15(2)10-11-16(18)3/h10-11,13,17,19-20H,4-9,12,14H2,1-3H3. The molecule has 0 radical (unpaired) electrons. The zero-order valence-corrected chi connectivity index (χ0v) is 13.5. The smallest absolute Gasteiger partial charge is 0.0136 e. The van der Waals surface area contributed by atoms with E-state index in [-0.39, 0.29) is 0 Å². The predicted molar refractivity (Wildman–Crippen MR) is 88.3 cm³/mol. The number of nitrogens with one attached hydrogen (secondary N) is 1. The fourth-order valence-corrected chi connectivity index (χ4v) is 3.53. The summed E-state index contributed by atoms with van der Waals surface area (Å²) in [4.78, 5) is 0. The van der Waals surface area contributed by atoms with Crippen molar-refractivity contribution in [2.45, 2.75) is 71.8 Å². The Hall–Kier alpha value is -0.820. The minimum absolute atomic E-state index is 0.677. The number of hydrogen-bond acceptors (Lipinski definition) is 1. The maximum Gasteiger partial charge on any atom is 0.0136 e. The molecule has 1 unspecified atom stereocenters. The van der Waals surface area contributed by atoms with Gasteiger partial charge in [0.05, 0.1) is 0 Å². The Labute approximate surface area is 125 Å². The van der Waals surface area contributed by atoms with Crippen LogP contribution in [0.25, 0.3) is 0 Å². The molecule has 0 heterocycles. The van der Waals surface area contributed by atoms with Crippen molar-refractivity contribution in [3.8, 4) is 0 Å². The van der Waals surface area contributed by atoms with Gasteiger partial charge in [0.2, 0.25) is 0 Å². The highest BCUT2D eigenvalue weighted by molar-refractivity contribution is 5.31. The third kappa shape index (κ3) is 4.34. The molecule has 1 fully saturated rings. The first-order chi connectivity index (χ1) is 9.70. The topological polar surface area (TPSA) is 12.0 Å². The van der Waals surface area contributed by atoms with Crippen LogP contribution in [-0.2, 0) is 6.42 Å². The predicted octanol–water partition coefficient (Wildman–Crippen LogP) is 4.79. The largest absolute Gasteiger partial charge is 0.313 e. The minimum atomic E-state index is 0.677. The molecule has 0 aromatic heterocycles. The quantitative estimate of drug-likeness (QED) is 0.785. The van der Waals surface area contributed by atoms with E-state index in [1.165, 1.54) is 56.1 Å². The van der Waals surface area contributed by atoms with Gasteiger partial charge in [-0.3, -0.25) is 0 Å². The molecule has 1 aromatic rings. The summed E-state index contributed by atoms with van der Waals surface area (Å²) >= 11 is 0. The summed E-state index contributed by atoms with van der Waals surface area (Å²) in [5.74, 6) is 0.884. The summed E-state index contributed by atoms with van der Waals surface area (Å²) in [7, 11) is 0. The van der Waals surface area contributed by atoms with Crippen molar-refractivity contribution in [3.63, 3.8) is 0 Å². The zero-order valence-electron chi connectivity index (χ0n) is 13.5. The van der Waals surface area contributed by atoms with Gasteiger partial charge < -0.3 is 5.32 Å². The van der Waals surface area contributed by atoms with Crippen LogP contribution < -0.4 is 5.32 Å². The van der Waals surface area contributed by atoms with Crippen LogP contribution in [0, 0.1) is 19.8 Å². The Balaban J connectivity index is 2.07. The highest BCUT2D eigenvalue weighted by Crippen LogP contribution is 2.28. The van der Waals surface area contributed by atoms with E-state index in [1.807, 2.05) is 0 Å². The maximum atomic E-state index is 3.83. The number of hydrogen-bond donors (Lipinski definition) is 1. The molecule has 0 amide bonds. The fraction of sp³-hybridized carbons (Fsp3) is 0.684. The lowest BCUT2D eigenvalue weighted by Gasteiger charge is -2.31. The summed E-state index contributed by atoms with van der Waals surface area (Å²) < 4.78 is 0. The molecular formula is C19H31N. The highest BCUT2D eigenvalue weighted by Gasteiger charge is 2.23. The van der Waals surface area contributed by atoms with E-state index >= 15 is 0 Å². The van der Waals surface area contributed by atoms with Gasteiger partial charge in [-0.25, -0.2) is 0 Å². The van der Waals surface area contributed by atoms with Crippen LogP contribution >= 0.6 is 0 Å². The molecule has 0 bridgehead atoms. The van der Waals surface area contributed by atoms with Crippen molar-refractivity contribution in [1.82, 2.24) is 5.32 Å². The molecule has 0 spiro atoms. The van der Waals surface area contributed by atoms with E-state index in [4.69, 9.17) is 0 Å².